The molecule has 79 valence electrons. The normalized spacial score (nSPS) is 24.9. The molecule has 1 aliphatic heterocycles. The lowest BCUT2D eigenvalue weighted by Crippen LogP contribution is -2.47. The van der Waals surface area contributed by atoms with Crippen molar-refractivity contribution < 1.29 is 4.79 Å². The largest absolute Gasteiger partial charge is 0.352 e. The highest BCUT2D eigenvalue weighted by molar-refractivity contribution is 5.78. The summed E-state index contributed by atoms with van der Waals surface area (Å²) in [6, 6.07) is 0.483. The monoisotopic (exact) mass is 196 g/mol. The third-order valence-electron chi connectivity index (χ3n) is 2.77. The topological polar surface area (TPSA) is 35.6 Å². The van der Waals surface area contributed by atoms with Crippen LogP contribution >= 0.6 is 0 Å². The minimum atomic E-state index is 0.185. The first-order chi connectivity index (χ1) is 6.74. The molecule has 4 nitrogen and oxygen atoms in total. The van der Waals surface area contributed by atoms with Crippen molar-refractivity contribution in [1.29, 1.82) is 0 Å². The summed E-state index contributed by atoms with van der Waals surface area (Å²) in [7, 11) is 3.88. The fourth-order valence-electron chi connectivity index (χ4n) is 1.65. The summed E-state index contributed by atoms with van der Waals surface area (Å²) >= 11 is 0. The number of piperazine rings is 1. The van der Waals surface area contributed by atoms with E-state index in [-0.39, 0.29) is 5.91 Å². The van der Waals surface area contributed by atoms with Crippen molar-refractivity contribution in [3.8, 4) is 0 Å². The van der Waals surface area contributed by atoms with Gasteiger partial charge in [-0.15, -0.1) is 0 Å². The standard InChI is InChI=1S/C10H18N3O/c1-12-4-6-13(7-5-12)8-10(14)11-9-2-3-9/h9H,1-8H2,(H,11,14). The van der Waals surface area contributed by atoms with Crippen LogP contribution in [0.5, 0.6) is 0 Å². The summed E-state index contributed by atoms with van der Waals surface area (Å²) < 4.78 is 0. The van der Waals surface area contributed by atoms with Crippen molar-refractivity contribution in [2.75, 3.05) is 32.7 Å². The number of rotatable bonds is 3. The van der Waals surface area contributed by atoms with Crippen LogP contribution in [0, 0.1) is 7.05 Å². The lowest BCUT2D eigenvalue weighted by atomic mass is 10.3. The molecule has 2 fully saturated rings. The van der Waals surface area contributed by atoms with Gasteiger partial charge < -0.3 is 5.32 Å². The van der Waals surface area contributed by atoms with Gasteiger partial charge >= 0.3 is 0 Å². The van der Waals surface area contributed by atoms with E-state index in [1.807, 2.05) is 0 Å². The molecule has 1 radical (unpaired) electrons. The summed E-state index contributed by atoms with van der Waals surface area (Å²) in [5.41, 5.74) is 0. The van der Waals surface area contributed by atoms with E-state index in [9.17, 15) is 4.79 Å². The zero-order valence-corrected chi connectivity index (χ0v) is 8.54. The number of carbonyl (C=O) groups excluding carboxylic acids is 1. The average molecular weight is 196 g/mol. The minimum absolute atomic E-state index is 0.185. The van der Waals surface area contributed by atoms with Crippen LogP contribution in [0.3, 0.4) is 0 Å². The van der Waals surface area contributed by atoms with Crippen molar-refractivity contribution in [3.05, 3.63) is 7.05 Å². The van der Waals surface area contributed by atoms with Crippen molar-refractivity contribution in [3.63, 3.8) is 0 Å². The lowest BCUT2D eigenvalue weighted by molar-refractivity contribution is -0.122. The molecule has 1 amide bonds. The fraction of sp³-hybridized carbons (Fsp3) is 0.800. The fourth-order valence-corrected chi connectivity index (χ4v) is 1.65. The van der Waals surface area contributed by atoms with E-state index < -0.39 is 0 Å². The van der Waals surface area contributed by atoms with E-state index in [1.54, 1.807) is 0 Å². The lowest BCUT2D eigenvalue weighted by Gasteiger charge is -2.31. The highest BCUT2D eigenvalue weighted by atomic mass is 16.2. The first kappa shape index (κ1) is 9.93. The van der Waals surface area contributed by atoms with E-state index in [0.29, 0.717) is 12.6 Å². The molecule has 0 bridgehead atoms. The van der Waals surface area contributed by atoms with Crippen LogP contribution in [-0.2, 0) is 4.79 Å². The Morgan fingerprint density at radius 1 is 1.29 bits per heavy atom. The van der Waals surface area contributed by atoms with Gasteiger partial charge in [0, 0.05) is 39.3 Å². The molecule has 1 N–H and O–H groups in total. The van der Waals surface area contributed by atoms with Crippen LogP contribution in [0.25, 0.3) is 0 Å². The summed E-state index contributed by atoms with van der Waals surface area (Å²) in [6.07, 6.45) is 2.33. The summed E-state index contributed by atoms with van der Waals surface area (Å²) in [4.78, 5) is 15.7. The van der Waals surface area contributed by atoms with Gasteiger partial charge in [-0.25, -0.2) is 0 Å². The quantitative estimate of drug-likeness (QED) is 0.671. The second kappa shape index (κ2) is 4.28. The summed E-state index contributed by atoms with van der Waals surface area (Å²) in [6.45, 7) is 4.42. The van der Waals surface area contributed by atoms with Gasteiger partial charge in [0.25, 0.3) is 0 Å². The minimum Gasteiger partial charge on any atom is -0.352 e. The van der Waals surface area contributed by atoms with Crippen LogP contribution in [0.1, 0.15) is 12.8 Å². The van der Waals surface area contributed by atoms with E-state index in [2.05, 4.69) is 22.2 Å². The van der Waals surface area contributed by atoms with Crippen LogP contribution in [0.2, 0.25) is 0 Å². The molecular formula is C10H18N3O. The molecule has 1 aliphatic carbocycles. The molecule has 0 aromatic carbocycles. The molecule has 1 saturated carbocycles. The number of hydrogen-bond acceptors (Lipinski definition) is 3. The smallest absolute Gasteiger partial charge is 0.234 e. The molecule has 4 heteroatoms. The maximum absolute atomic E-state index is 11.5. The van der Waals surface area contributed by atoms with Gasteiger partial charge in [-0.2, -0.15) is 0 Å². The van der Waals surface area contributed by atoms with Gasteiger partial charge in [0.2, 0.25) is 5.91 Å². The highest BCUT2D eigenvalue weighted by Gasteiger charge is 2.24. The van der Waals surface area contributed by atoms with Crippen molar-refractivity contribution in [2.45, 2.75) is 18.9 Å². The van der Waals surface area contributed by atoms with E-state index in [1.165, 1.54) is 12.8 Å². The number of nitrogens with one attached hydrogen (secondary N) is 1. The van der Waals surface area contributed by atoms with Crippen LogP contribution in [-0.4, -0.2) is 54.5 Å². The van der Waals surface area contributed by atoms with Crippen LogP contribution in [0.4, 0.5) is 0 Å². The van der Waals surface area contributed by atoms with Gasteiger partial charge in [-0.1, -0.05) is 0 Å². The van der Waals surface area contributed by atoms with Gasteiger partial charge in [0.1, 0.15) is 0 Å². The Morgan fingerprint density at radius 3 is 2.50 bits per heavy atom. The number of hydrogen-bond donors (Lipinski definition) is 1. The molecule has 0 spiro atoms. The molecule has 0 unspecified atom stereocenters. The van der Waals surface area contributed by atoms with Crippen LogP contribution in [0.15, 0.2) is 0 Å². The van der Waals surface area contributed by atoms with Gasteiger partial charge in [-0.3, -0.25) is 14.6 Å². The Kier molecular flexibility index (Phi) is 3.03. The molecule has 2 aliphatic rings. The molecule has 1 heterocycles. The SMILES string of the molecule is [CH2]N1CCN(CC(=O)NC2CC2)CC1. The zero-order chi connectivity index (χ0) is 9.97. The maximum Gasteiger partial charge on any atom is 0.234 e. The Labute approximate surface area is 85.2 Å². The Morgan fingerprint density at radius 2 is 1.93 bits per heavy atom. The number of carbonyl (C=O) groups is 1. The zero-order valence-electron chi connectivity index (χ0n) is 8.54. The first-order valence-electron chi connectivity index (χ1n) is 5.31. The molecule has 2 rings (SSSR count). The Hall–Kier alpha value is -0.610. The average Bonchev–Trinajstić information content (AvgIpc) is 2.93. The molecule has 1 saturated heterocycles. The Bertz CT molecular complexity index is 207. The highest BCUT2D eigenvalue weighted by Crippen LogP contribution is 2.18. The molecule has 0 aromatic heterocycles. The second-order valence-electron chi connectivity index (χ2n) is 4.24. The van der Waals surface area contributed by atoms with Crippen LogP contribution < -0.4 is 5.32 Å². The van der Waals surface area contributed by atoms with E-state index >= 15 is 0 Å². The molecular weight excluding hydrogens is 178 g/mol. The van der Waals surface area contributed by atoms with Gasteiger partial charge in [-0.05, 0) is 12.8 Å². The van der Waals surface area contributed by atoms with E-state index in [0.717, 1.165) is 26.2 Å². The number of amides is 1. The molecule has 14 heavy (non-hydrogen) atoms. The van der Waals surface area contributed by atoms with Gasteiger partial charge in [0.15, 0.2) is 0 Å². The third-order valence-corrected chi connectivity index (χ3v) is 2.77. The van der Waals surface area contributed by atoms with Crippen molar-refractivity contribution in [1.82, 2.24) is 15.1 Å². The van der Waals surface area contributed by atoms with Crippen molar-refractivity contribution >= 4 is 5.91 Å². The van der Waals surface area contributed by atoms with E-state index in [4.69, 9.17) is 0 Å². The Balaban J connectivity index is 1.66. The van der Waals surface area contributed by atoms with Gasteiger partial charge in [0.05, 0.1) is 6.54 Å². The predicted octanol–water partition coefficient (Wildman–Crippen LogP) is -0.326. The first-order valence-corrected chi connectivity index (χ1v) is 5.31. The third kappa shape index (κ3) is 2.96. The predicted molar refractivity (Wildman–Crippen MR) is 54.5 cm³/mol. The summed E-state index contributed by atoms with van der Waals surface area (Å²) in [5, 5.41) is 3.00. The number of nitrogens with zero attached hydrogens (tertiary/aromatic N) is 2. The molecule has 0 atom stereocenters. The molecule has 0 aromatic rings. The second-order valence-corrected chi connectivity index (χ2v) is 4.24. The maximum atomic E-state index is 11.5. The van der Waals surface area contributed by atoms with Crippen molar-refractivity contribution in [2.24, 2.45) is 0 Å². The summed E-state index contributed by atoms with van der Waals surface area (Å²) in [5.74, 6) is 0.185.